The summed E-state index contributed by atoms with van der Waals surface area (Å²) in [6.07, 6.45) is 0.739. The molecule has 0 aliphatic carbocycles. The van der Waals surface area contributed by atoms with E-state index >= 15 is 0 Å². The van der Waals surface area contributed by atoms with Gasteiger partial charge in [-0.2, -0.15) is 5.10 Å². The highest BCUT2D eigenvalue weighted by molar-refractivity contribution is 14.1. The number of H-pyrrole nitrogens is 1. The van der Waals surface area contributed by atoms with Crippen LogP contribution in [0.1, 0.15) is 27.7 Å². The monoisotopic (exact) mass is 445 g/mol. The van der Waals surface area contributed by atoms with E-state index < -0.39 is 0 Å². The minimum Gasteiger partial charge on any atom is -0.497 e. The molecule has 0 fully saturated rings. The van der Waals surface area contributed by atoms with E-state index in [9.17, 15) is 4.79 Å². The van der Waals surface area contributed by atoms with Crippen LogP contribution >= 0.6 is 22.6 Å². The summed E-state index contributed by atoms with van der Waals surface area (Å²) in [5.74, 6) is 0.765. The summed E-state index contributed by atoms with van der Waals surface area (Å²) in [5.41, 5.74) is 4.80. The largest absolute Gasteiger partial charge is 0.497 e. The number of rotatable bonds is 3. The topological polar surface area (TPSA) is 67.0 Å². The fourth-order valence-corrected chi connectivity index (χ4v) is 3.94. The van der Waals surface area contributed by atoms with E-state index in [1.165, 1.54) is 0 Å². The zero-order valence-electron chi connectivity index (χ0n) is 13.5. The van der Waals surface area contributed by atoms with Crippen molar-refractivity contribution in [1.82, 2.24) is 15.5 Å². The Morgan fingerprint density at radius 3 is 2.68 bits per heavy atom. The number of carbonyl (C=O) groups excluding carboxylic acids is 1. The van der Waals surface area contributed by atoms with Crippen LogP contribution in [-0.2, 0) is 6.42 Å². The lowest BCUT2D eigenvalue weighted by molar-refractivity contribution is 0.0924. The van der Waals surface area contributed by atoms with Crippen LogP contribution in [0.2, 0.25) is 0 Å². The third kappa shape index (κ3) is 2.90. The summed E-state index contributed by atoms with van der Waals surface area (Å²) in [7, 11) is 1.65. The van der Waals surface area contributed by atoms with Gasteiger partial charge in [0.2, 0.25) is 0 Å². The molecular weight excluding hydrogens is 429 g/mol. The highest BCUT2D eigenvalue weighted by atomic mass is 127. The number of aromatic amines is 1. The Hall–Kier alpha value is -2.35. The number of nitrogens with zero attached hydrogens (tertiary/aromatic N) is 1. The molecule has 1 atom stereocenters. The van der Waals surface area contributed by atoms with Crippen LogP contribution in [-0.4, -0.2) is 23.2 Å². The quantitative estimate of drug-likeness (QED) is 0.605. The van der Waals surface area contributed by atoms with E-state index in [0.717, 1.165) is 43.8 Å². The minimum atomic E-state index is -0.129. The first-order chi connectivity index (χ1) is 12.2. The van der Waals surface area contributed by atoms with Gasteiger partial charge in [-0.3, -0.25) is 9.89 Å². The molecule has 2 aromatic carbocycles. The molecule has 126 valence electrons. The fraction of sp³-hybridized carbons (Fsp3) is 0.158. The van der Waals surface area contributed by atoms with Crippen molar-refractivity contribution in [3.05, 3.63) is 69.1 Å². The first-order valence-electron chi connectivity index (χ1n) is 7.94. The summed E-state index contributed by atoms with van der Waals surface area (Å²) in [4.78, 5) is 12.4. The van der Waals surface area contributed by atoms with E-state index in [-0.39, 0.29) is 11.9 Å². The van der Waals surface area contributed by atoms with Crippen molar-refractivity contribution in [2.24, 2.45) is 0 Å². The zero-order valence-corrected chi connectivity index (χ0v) is 15.7. The summed E-state index contributed by atoms with van der Waals surface area (Å²) in [6, 6.07) is 15.5. The van der Waals surface area contributed by atoms with Crippen LogP contribution in [0.4, 0.5) is 0 Å². The number of benzene rings is 2. The normalized spacial score (nSPS) is 16.2. The van der Waals surface area contributed by atoms with Gasteiger partial charge in [-0.05, 0) is 58.3 Å². The molecular formula is C19H16IN3O2. The predicted molar refractivity (Wildman–Crippen MR) is 104 cm³/mol. The molecule has 0 saturated carbocycles. The average Bonchev–Trinajstić information content (AvgIpc) is 3.03. The molecule has 25 heavy (non-hydrogen) atoms. The summed E-state index contributed by atoms with van der Waals surface area (Å²) in [5, 5.41) is 10.6. The van der Waals surface area contributed by atoms with E-state index in [1.54, 1.807) is 7.11 Å². The maximum Gasteiger partial charge on any atom is 0.252 e. The lowest BCUT2D eigenvalue weighted by Gasteiger charge is -2.25. The van der Waals surface area contributed by atoms with Crippen molar-refractivity contribution in [2.75, 3.05) is 7.11 Å². The molecule has 1 unspecified atom stereocenters. The van der Waals surface area contributed by atoms with Crippen molar-refractivity contribution in [3.8, 4) is 16.9 Å². The second kappa shape index (κ2) is 6.51. The van der Waals surface area contributed by atoms with Crippen molar-refractivity contribution in [2.45, 2.75) is 12.5 Å². The van der Waals surface area contributed by atoms with Gasteiger partial charge in [0.05, 0.1) is 18.8 Å². The Morgan fingerprint density at radius 1 is 1.16 bits per heavy atom. The second-order valence-electron chi connectivity index (χ2n) is 5.92. The van der Waals surface area contributed by atoms with E-state index in [1.807, 2.05) is 48.5 Å². The summed E-state index contributed by atoms with van der Waals surface area (Å²) >= 11 is 2.22. The number of methoxy groups -OCH3 is 1. The second-order valence-corrected chi connectivity index (χ2v) is 6.94. The van der Waals surface area contributed by atoms with Gasteiger partial charge >= 0.3 is 0 Å². The van der Waals surface area contributed by atoms with Crippen LogP contribution in [0.5, 0.6) is 5.75 Å². The van der Waals surface area contributed by atoms with Gasteiger partial charge in [0.15, 0.2) is 0 Å². The molecule has 4 rings (SSSR count). The Kier molecular flexibility index (Phi) is 4.20. The number of ether oxygens (including phenoxy) is 1. The summed E-state index contributed by atoms with van der Waals surface area (Å²) < 4.78 is 6.11. The number of nitrogens with one attached hydrogen (secondary N) is 2. The molecule has 1 aromatic heterocycles. The number of hydrogen-bond acceptors (Lipinski definition) is 3. The SMILES string of the molecule is COc1ccc(-c2c(I)n[nH]c2C2Cc3ccccc3C(=O)N2)cc1. The number of fused-ring (bicyclic) bond motifs is 1. The van der Waals surface area contributed by atoms with Crippen molar-refractivity contribution >= 4 is 28.5 Å². The molecule has 2 heterocycles. The van der Waals surface area contributed by atoms with Crippen LogP contribution < -0.4 is 10.1 Å². The lowest BCUT2D eigenvalue weighted by atomic mass is 9.91. The van der Waals surface area contributed by atoms with E-state index in [0.29, 0.717) is 0 Å². The van der Waals surface area contributed by atoms with Crippen molar-refractivity contribution in [3.63, 3.8) is 0 Å². The molecule has 1 aliphatic rings. The molecule has 1 aliphatic heterocycles. The Balaban J connectivity index is 1.74. The lowest BCUT2D eigenvalue weighted by Crippen LogP contribution is -2.35. The molecule has 0 radical (unpaired) electrons. The highest BCUT2D eigenvalue weighted by Crippen LogP contribution is 2.35. The maximum absolute atomic E-state index is 12.4. The van der Waals surface area contributed by atoms with Gasteiger partial charge in [0, 0.05) is 11.1 Å². The minimum absolute atomic E-state index is 0.0443. The third-order valence-electron chi connectivity index (χ3n) is 4.47. The number of amides is 1. The number of carbonyl (C=O) groups is 1. The molecule has 1 amide bonds. The first kappa shape index (κ1) is 16.1. The Morgan fingerprint density at radius 2 is 1.92 bits per heavy atom. The van der Waals surface area contributed by atoms with E-state index in [4.69, 9.17) is 4.74 Å². The predicted octanol–water partition coefficient (Wildman–Crippen LogP) is 3.72. The van der Waals surface area contributed by atoms with Crippen molar-refractivity contribution < 1.29 is 9.53 Å². The average molecular weight is 445 g/mol. The zero-order chi connectivity index (χ0) is 17.4. The van der Waals surface area contributed by atoms with Crippen LogP contribution in [0.15, 0.2) is 48.5 Å². The first-order valence-corrected chi connectivity index (χ1v) is 9.02. The van der Waals surface area contributed by atoms with Gasteiger partial charge in [-0.15, -0.1) is 0 Å². The maximum atomic E-state index is 12.4. The van der Waals surface area contributed by atoms with Crippen LogP contribution in [0.3, 0.4) is 0 Å². The van der Waals surface area contributed by atoms with E-state index in [2.05, 4.69) is 38.1 Å². The molecule has 0 saturated heterocycles. The summed E-state index contributed by atoms with van der Waals surface area (Å²) in [6.45, 7) is 0. The molecule has 0 spiro atoms. The van der Waals surface area contributed by atoms with Crippen LogP contribution in [0.25, 0.3) is 11.1 Å². The van der Waals surface area contributed by atoms with Gasteiger partial charge in [0.25, 0.3) is 5.91 Å². The Bertz CT molecular complexity index is 934. The highest BCUT2D eigenvalue weighted by Gasteiger charge is 2.29. The molecule has 5 nitrogen and oxygen atoms in total. The molecule has 3 aromatic rings. The smallest absolute Gasteiger partial charge is 0.252 e. The van der Waals surface area contributed by atoms with Gasteiger partial charge in [-0.1, -0.05) is 30.3 Å². The Labute approximate surface area is 158 Å². The van der Waals surface area contributed by atoms with Gasteiger partial charge in [0.1, 0.15) is 9.45 Å². The van der Waals surface area contributed by atoms with Gasteiger partial charge in [-0.25, -0.2) is 0 Å². The molecule has 2 N–H and O–H groups in total. The number of hydrogen-bond donors (Lipinski definition) is 2. The molecule has 0 bridgehead atoms. The van der Waals surface area contributed by atoms with Gasteiger partial charge < -0.3 is 10.1 Å². The number of aromatic nitrogens is 2. The molecule has 6 heteroatoms. The van der Waals surface area contributed by atoms with Crippen LogP contribution in [0, 0.1) is 3.70 Å². The number of halogens is 1. The standard InChI is InChI=1S/C19H16IN3O2/c1-25-13-8-6-11(7-9-13)16-17(22-23-18(16)20)15-10-12-4-2-3-5-14(12)19(24)21-15/h2-9,15H,10H2,1H3,(H,21,24)(H,22,23). The third-order valence-corrected chi connectivity index (χ3v) is 5.25. The van der Waals surface area contributed by atoms with Crippen molar-refractivity contribution in [1.29, 1.82) is 0 Å². The fourth-order valence-electron chi connectivity index (χ4n) is 3.22.